The summed E-state index contributed by atoms with van der Waals surface area (Å²) in [5.74, 6) is 1.43. The molecule has 2 aliphatic rings. The van der Waals surface area contributed by atoms with E-state index in [0.717, 1.165) is 25.9 Å². The highest BCUT2D eigenvalue weighted by atomic mass is 16.6. The molecule has 1 heterocycles. The van der Waals surface area contributed by atoms with Crippen molar-refractivity contribution in [2.75, 3.05) is 19.7 Å². The molecular formula is C13H23NO3. The zero-order valence-electron chi connectivity index (χ0n) is 11.0. The number of ether oxygens (including phenoxy) is 1. The van der Waals surface area contributed by atoms with Gasteiger partial charge in [0.25, 0.3) is 0 Å². The Kier molecular flexibility index (Phi) is 3.34. The molecule has 3 atom stereocenters. The average molecular weight is 241 g/mol. The van der Waals surface area contributed by atoms with Crippen LogP contribution in [-0.4, -0.2) is 41.4 Å². The molecule has 1 N–H and O–H groups in total. The molecule has 0 radical (unpaired) electrons. The second-order valence-corrected chi connectivity index (χ2v) is 6.33. The van der Waals surface area contributed by atoms with E-state index in [2.05, 4.69) is 0 Å². The fourth-order valence-corrected chi connectivity index (χ4v) is 3.08. The standard InChI is InChI=1S/C13H23NO3/c1-13(2,3)17-12(16)14-6-9-4-5-10(8-15)11(9)7-14/h9-11,15H,4-8H2,1-3H3. The topological polar surface area (TPSA) is 49.8 Å². The molecule has 2 rings (SSSR count). The van der Waals surface area contributed by atoms with E-state index in [1.807, 2.05) is 25.7 Å². The minimum atomic E-state index is -0.425. The third kappa shape index (κ3) is 2.73. The number of fused-ring (bicyclic) bond motifs is 1. The van der Waals surface area contributed by atoms with Crippen LogP contribution in [0.4, 0.5) is 4.79 Å². The SMILES string of the molecule is CC(C)(C)OC(=O)N1CC2CCC(CO)C2C1. The second kappa shape index (κ2) is 4.48. The Morgan fingerprint density at radius 1 is 1.35 bits per heavy atom. The van der Waals surface area contributed by atoms with Crippen LogP contribution in [0.1, 0.15) is 33.6 Å². The van der Waals surface area contributed by atoms with Crippen LogP contribution in [0.15, 0.2) is 0 Å². The zero-order valence-corrected chi connectivity index (χ0v) is 11.0. The second-order valence-electron chi connectivity index (χ2n) is 6.33. The van der Waals surface area contributed by atoms with E-state index in [-0.39, 0.29) is 12.7 Å². The Bertz CT molecular complexity index is 298. The first-order valence-corrected chi connectivity index (χ1v) is 6.49. The highest BCUT2D eigenvalue weighted by Crippen LogP contribution is 2.42. The van der Waals surface area contributed by atoms with Gasteiger partial charge in [0.15, 0.2) is 0 Å². The Morgan fingerprint density at radius 2 is 2.06 bits per heavy atom. The van der Waals surface area contributed by atoms with E-state index >= 15 is 0 Å². The first-order valence-electron chi connectivity index (χ1n) is 6.49. The number of nitrogens with zero attached hydrogens (tertiary/aromatic N) is 1. The van der Waals surface area contributed by atoms with Gasteiger partial charge in [0.1, 0.15) is 5.60 Å². The van der Waals surface area contributed by atoms with Crippen molar-refractivity contribution in [1.29, 1.82) is 0 Å². The Morgan fingerprint density at radius 3 is 2.65 bits per heavy atom. The number of rotatable bonds is 1. The molecule has 0 bridgehead atoms. The maximum absolute atomic E-state index is 11.9. The number of carbonyl (C=O) groups excluding carboxylic acids is 1. The molecule has 0 aromatic heterocycles. The van der Waals surface area contributed by atoms with Crippen LogP contribution in [-0.2, 0) is 4.74 Å². The third-order valence-corrected chi connectivity index (χ3v) is 3.89. The minimum Gasteiger partial charge on any atom is -0.444 e. The molecule has 3 unspecified atom stereocenters. The van der Waals surface area contributed by atoms with Gasteiger partial charge in [-0.1, -0.05) is 0 Å². The van der Waals surface area contributed by atoms with Gasteiger partial charge in [0, 0.05) is 19.7 Å². The van der Waals surface area contributed by atoms with E-state index in [1.54, 1.807) is 0 Å². The van der Waals surface area contributed by atoms with Crippen molar-refractivity contribution in [3.63, 3.8) is 0 Å². The molecule has 4 nitrogen and oxygen atoms in total. The monoisotopic (exact) mass is 241 g/mol. The highest BCUT2D eigenvalue weighted by molar-refractivity contribution is 5.68. The maximum Gasteiger partial charge on any atom is 0.410 e. The molecule has 1 amide bonds. The molecule has 0 aromatic carbocycles. The van der Waals surface area contributed by atoms with Gasteiger partial charge in [-0.3, -0.25) is 0 Å². The van der Waals surface area contributed by atoms with E-state index in [1.165, 1.54) is 0 Å². The van der Waals surface area contributed by atoms with Crippen molar-refractivity contribution in [2.45, 2.75) is 39.2 Å². The summed E-state index contributed by atoms with van der Waals surface area (Å²) in [4.78, 5) is 13.7. The van der Waals surface area contributed by atoms with E-state index in [9.17, 15) is 9.90 Å². The van der Waals surface area contributed by atoms with Gasteiger partial charge < -0.3 is 14.7 Å². The molecule has 17 heavy (non-hydrogen) atoms. The van der Waals surface area contributed by atoms with Crippen LogP contribution in [0.3, 0.4) is 0 Å². The van der Waals surface area contributed by atoms with Crippen molar-refractivity contribution in [3.8, 4) is 0 Å². The highest BCUT2D eigenvalue weighted by Gasteiger charge is 2.44. The third-order valence-electron chi connectivity index (χ3n) is 3.89. The zero-order chi connectivity index (χ0) is 12.6. The number of likely N-dealkylation sites (tertiary alicyclic amines) is 1. The molecule has 98 valence electrons. The lowest BCUT2D eigenvalue weighted by Gasteiger charge is -2.25. The first kappa shape index (κ1) is 12.7. The molecule has 1 aliphatic heterocycles. The number of hydrogen-bond donors (Lipinski definition) is 1. The average Bonchev–Trinajstić information content (AvgIpc) is 2.72. The largest absolute Gasteiger partial charge is 0.444 e. The molecule has 2 fully saturated rings. The number of aliphatic hydroxyl groups is 1. The van der Waals surface area contributed by atoms with Crippen LogP contribution in [0.25, 0.3) is 0 Å². The Hall–Kier alpha value is -0.770. The lowest BCUT2D eigenvalue weighted by atomic mass is 9.93. The summed E-state index contributed by atoms with van der Waals surface area (Å²) in [5.41, 5.74) is -0.425. The molecular weight excluding hydrogens is 218 g/mol. The summed E-state index contributed by atoms with van der Waals surface area (Å²) in [6.07, 6.45) is 2.03. The van der Waals surface area contributed by atoms with E-state index in [0.29, 0.717) is 17.8 Å². The summed E-state index contributed by atoms with van der Waals surface area (Å²) in [6.45, 7) is 7.47. The van der Waals surface area contributed by atoms with Crippen LogP contribution >= 0.6 is 0 Å². The van der Waals surface area contributed by atoms with Gasteiger partial charge in [0.2, 0.25) is 0 Å². The van der Waals surface area contributed by atoms with Crippen LogP contribution in [0, 0.1) is 17.8 Å². The van der Waals surface area contributed by atoms with Crippen molar-refractivity contribution in [2.24, 2.45) is 17.8 Å². The summed E-state index contributed by atoms with van der Waals surface area (Å²) < 4.78 is 5.38. The van der Waals surface area contributed by atoms with Gasteiger partial charge in [-0.2, -0.15) is 0 Å². The van der Waals surface area contributed by atoms with Gasteiger partial charge in [0.05, 0.1) is 0 Å². The predicted octanol–water partition coefficient (Wildman–Crippen LogP) is 1.87. The molecule has 0 aromatic rings. The maximum atomic E-state index is 11.9. The predicted molar refractivity (Wildman–Crippen MR) is 64.6 cm³/mol. The number of carbonyl (C=O) groups is 1. The van der Waals surface area contributed by atoms with Crippen molar-refractivity contribution < 1.29 is 14.6 Å². The summed E-state index contributed by atoms with van der Waals surface area (Å²) in [6, 6.07) is 0. The van der Waals surface area contributed by atoms with Crippen LogP contribution in [0.2, 0.25) is 0 Å². The lowest BCUT2D eigenvalue weighted by molar-refractivity contribution is 0.0272. The molecule has 1 saturated carbocycles. The first-order chi connectivity index (χ1) is 7.90. The number of hydrogen-bond acceptors (Lipinski definition) is 3. The summed E-state index contributed by atoms with van der Waals surface area (Å²) >= 11 is 0. The van der Waals surface area contributed by atoms with Gasteiger partial charge in [-0.15, -0.1) is 0 Å². The molecule has 1 aliphatic carbocycles. The molecule has 4 heteroatoms. The number of amides is 1. The van der Waals surface area contributed by atoms with Gasteiger partial charge in [-0.25, -0.2) is 4.79 Å². The summed E-state index contributed by atoms with van der Waals surface area (Å²) in [7, 11) is 0. The molecule has 1 saturated heterocycles. The quantitative estimate of drug-likeness (QED) is 0.762. The van der Waals surface area contributed by atoms with E-state index < -0.39 is 5.60 Å². The van der Waals surface area contributed by atoms with Crippen molar-refractivity contribution >= 4 is 6.09 Å². The van der Waals surface area contributed by atoms with Crippen molar-refractivity contribution in [3.05, 3.63) is 0 Å². The van der Waals surface area contributed by atoms with Crippen LogP contribution < -0.4 is 0 Å². The summed E-state index contributed by atoms with van der Waals surface area (Å²) in [5, 5.41) is 9.29. The fraction of sp³-hybridized carbons (Fsp3) is 0.923. The normalized spacial score (nSPS) is 32.7. The smallest absolute Gasteiger partial charge is 0.410 e. The van der Waals surface area contributed by atoms with Gasteiger partial charge in [-0.05, 0) is 51.4 Å². The molecule has 0 spiro atoms. The van der Waals surface area contributed by atoms with Crippen molar-refractivity contribution in [1.82, 2.24) is 4.90 Å². The Labute approximate surface area is 103 Å². The lowest BCUT2D eigenvalue weighted by Crippen LogP contribution is -2.36. The Balaban J connectivity index is 1.92. The van der Waals surface area contributed by atoms with E-state index in [4.69, 9.17) is 4.74 Å². The van der Waals surface area contributed by atoms with Gasteiger partial charge >= 0.3 is 6.09 Å². The minimum absolute atomic E-state index is 0.205. The fourth-order valence-electron chi connectivity index (χ4n) is 3.08. The van der Waals surface area contributed by atoms with Crippen LogP contribution in [0.5, 0.6) is 0 Å². The number of aliphatic hydroxyl groups excluding tert-OH is 1.